The van der Waals surface area contributed by atoms with Gasteiger partial charge in [-0.2, -0.15) is 0 Å². The van der Waals surface area contributed by atoms with Crippen LogP contribution >= 0.6 is 0 Å². The van der Waals surface area contributed by atoms with E-state index in [1.165, 1.54) is 33.4 Å². The minimum absolute atomic E-state index is 1.24. The first-order chi connectivity index (χ1) is 9.27. The van der Waals surface area contributed by atoms with Crippen molar-refractivity contribution in [2.75, 3.05) is 0 Å². The van der Waals surface area contributed by atoms with Crippen LogP contribution < -0.4 is 0 Å². The summed E-state index contributed by atoms with van der Waals surface area (Å²) in [5, 5.41) is 0. The molecule has 0 unspecified atom stereocenters. The zero-order valence-electron chi connectivity index (χ0n) is 11.3. The molecular weight excluding hydrogens is 230 g/mol. The second-order valence-corrected chi connectivity index (χ2v) is 4.91. The fourth-order valence-corrected chi connectivity index (χ4v) is 2.61. The number of benzene rings is 2. The Morgan fingerprint density at radius 2 is 1.47 bits per heavy atom. The predicted molar refractivity (Wildman–Crippen MR) is 81.1 cm³/mol. The molecule has 1 N–H and O–H groups in total. The van der Waals surface area contributed by atoms with Crippen molar-refractivity contribution in [3.63, 3.8) is 0 Å². The molecule has 2 aromatic carbocycles. The van der Waals surface area contributed by atoms with Gasteiger partial charge in [0.15, 0.2) is 0 Å². The molecule has 1 aromatic heterocycles. The smallest absolute Gasteiger partial charge is 0.00843 e. The van der Waals surface area contributed by atoms with E-state index in [0.717, 1.165) is 0 Å². The summed E-state index contributed by atoms with van der Waals surface area (Å²) in [4.78, 5) is 3.14. The molecule has 0 saturated carbocycles. The molecule has 0 fully saturated rings. The van der Waals surface area contributed by atoms with Gasteiger partial charge in [-0.15, -0.1) is 0 Å². The molecule has 0 aliphatic heterocycles. The summed E-state index contributed by atoms with van der Waals surface area (Å²) in [6.45, 7) is 4.35. The van der Waals surface area contributed by atoms with Gasteiger partial charge in [-0.1, -0.05) is 42.5 Å². The first-order valence-corrected chi connectivity index (χ1v) is 6.56. The summed E-state index contributed by atoms with van der Waals surface area (Å²) in [7, 11) is 0. The Morgan fingerprint density at radius 3 is 2.21 bits per heavy atom. The van der Waals surface area contributed by atoms with Crippen LogP contribution in [-0.2, 0) is 0 Å². The van der Waals surface area contributed by atoms with Crippen molar-refractivity contribution in [3.05, 3.63) is 72.1 Å². The monoisotopic (exact) mass is 247 g/mol. The topological polar surface area (TPSA) is 15.8 Å². The van der Waals surface area contributed by atoms with Crippen molar-refractivity contribution in [2.24, 2.45) is 0 Å². The average Bonchev–Trinajstić information content (AvgIpc) is 2.93. The van der Waals surface area contributed by atoms with Crippen LogP contribution in [0.15, 0.2) is 60.9 Å². The quantitative estimate of drug-likeness (QED) is 0.658. The van der Waals surface area contributed by atoms with Crippen molar-refractivity contribution < 1.29 is 0 Å². The predicted octanol–water partition coefficient (Wildman–Crippen LogP) is 4.97. The summed E-state index contributed by atoms with van der Waals surface area (Å²) in [6, 6.07) is 17.2. The highest BCUT2D eigenvalue weighted by Gasteiger charge is 2.11. The maximum atomic E-state index is 3.14. The number of aryl methyl sites for hydroxylation is 2. The molecule has 3 rings (SSSR count). The molecule has 0 atom stereocenters. The van der Waals surface area contributed by atoms with Crippen LogP contribution in [0.5, 0.6) is 0 Å². The molecule has 0 aliphatic carbocycles. The second-order valence-electron chi connectivity index (χ2n) is 4.91. The van der Waals surface area contributed by atoms with Crippen LogP contribution in [0.2, 0.25) is 0 Å². The van der Waals surface area contributed by atoms with Gasteiger partial charge in [0.2, 0.25) is 0 Å². The molecular formula is C18H17N. The normalized spacial score (nSPS) is 10.6. The number of H-pyrrole nitrogens is 1. The Bertz CT molecular complexity index is 693. The van der Waals surface area contributed by atoms with Gasteiger partial charge in [0, 0.05) is 12.4 Å². The van der Waals surface area contributed by atoms with E-state index >= 15 is 0 Å². The number of nitrogens with one attached hydrogen (secondary N) is 1. The van der Waals surface area contributed by atoms with Crippen molar-refractivity contribution in [1.82, 2.24) is 4.98 Å². The first-order valence-electron chi connectivity index (χ1n) is 6.56. The molecule has 0 bridgehead atoms. The Hall–Kier alpha value is -2.28. The minimum Gasteiger partial charge on any atom is -0.367 e. The molecule has 94 valence electrons. The van der Waals surface area contributed by atoms with Gasteiger partial charge in [-0.05, 0) is 53.3 Å². The van der Waals surface area contributed by atoms with Gasteiger partial charge in [0.1, 0.15) is 0 Å². The highest BCUT2D eigenvalue weighted by atomic mass is 14.6. The third-order valence-electron chi connectivity index (χ3n) is 3.60. The lowest BCUT2D eigenvalue weighted by atomic mass is 9.90. The van der Waals surface area contributed by atoms with Gasteiger partial charge in [0.05, 0.1) is 0 Å². The number of hydrogen-bond donors (Lipinski definition) is 1. The molecule has 0 aliphatic rings. The van der Waals surface area contributed by atoms with E-state index < -0.39 is 0 Å². The molecule has 0 spiro atoms. The standard InChI is InChI=1S/C18H17N/c1-13-6-3-4-8-16(13)18-14(2)7-5-9-17(18)15-10-11-19-12-15/h3-12,19H,1-2H3. The lowest BCUT2D eigenvalue weighted by Gasteiger charge is -2.14. The number of hydrogen-bond acceptors (Lipinski definition) is 0. The third-order valence-corrected chi connectivity index (χ3v) is 3.60. The summed E-state index contributed by atoms with van der Waals surface area (Å²) in [5.74, 6) is 0. The minimum atomic E-state index is 1.24. The molecule has 0 saturated heterocycles. The van der Waals surface area contributed by atoms with E-state index in [1.54, 1.807) is 0 Å². The molecule has 0 amide bonds. The summed E-state index contributed by atoms with van der Waals surface area (Å²) >= 11 is 0. The van der Waals surface area contributed by atoms with Gasteiger partial charge in [-0.25, -0.2) is 0 Å². The zero-order valence-corrected chi connectivity index (χ0v) is 11.3. The van der Waals surface area contributed by atoms with E-state index in [-0.39, 0.29) is 0 Å². The van der Waals surface area contributed by atoms with Gasteiger partial charge < -0.3 is 4.98 Å². The lowest BCUT2D eigenvalue weighted by Crippen LogP contribution is -1.90. The molecule has 0 radical (unpaired) electrons. The van der Waals surface area contributed by atoms with Crippen molar-refractivity contribution in [1.29, 1.82) is 0 Å². The largest absolute Gasteiger partial charge is 0.367 e. The molecule has 1 heterocycles. The van der Waals surface area contributed by atoms with Crippen LogP contribution in [0, 0.1) is 13.8 Å². The number of rotatable bonds is 2. The average molecular weight is 247 g/mol. The van der Waals surface area contributed by atoms with Crippen LogP contribution in [0.1, 0.15) is 11.1 Å². The fourth-order valence-electron chi connectivity index (χ4n) is 2.61. The lowest BCUT2D eigenvalue weighted by molar-refractivity contribution is 1.40. The fraction of sp³-hybridized carbons (Fsp3) is 0.111. The maximum absolute atomic E-state index is 3.14. The van der Waals surface area contributed by atoms with Crippen LogP contribution in [0.3, 0.4) is 0 Å². The first kappa shape index (κ1) is 11.8. The van der Waals surface area contributed by atoms with Gasteiger partial charge in [0.25, 0.3) is 0 Å². The van der Waals surface area contributed by atoms with E-state index in [4.69, 9.17) is 0 Å². The summed E-state index contributed by atoms with van der Waals surface area (Å²) in [5.41, 5.74) is 7.80. The van der Waals surface area contributed by atoms with Gasteiger partial charge in [-0.3, -0.25) is 0 Å². The molecule has 1 heteroatoms. The van der Waals surface area contributed by atoms with Crippen molar-refractivity contribution >= 4 is 0 Å². The maximum Gasteiger partial charge on any atom is 0.00843 e. The SMILES string of the molecule is Cc1ccccc1-c1c(C)cccc1-c1cc[nH]c1. The van der Waals surface area contributed by atoms with Crippen LogP contribution in [0.25, 0.3) is 22.3 Å². The van der Waals surface area contributed by atoms with E-state index in [0.29, 0.717) is 0 Å². The molecule has 1 nitrogen and oxygen atoms in total. The highest BCUT2D eigenvalue weighted by Crippen LogP contribution is 2.35. The molecule has 19 heavy (non-hydrogen) atoms. The Labute approximate surface area is 113 Å². The zero-order chi connectivity index (χ0) is 13.2. The molecule has 3 aromatic rings. The Morgan fingerprint density at radius 1 is 0.737 bits per heavy atom. The third kappa shape index (κ3) is 2.08. The van der Waals surface area contributed by atoms with Crippen LogP contribution in [-0.4, -0.2) is 4.98 Å². The van der Waals surface area contributed by atoms with E-state index in [1.807, 2.05) is 6.20 Å². The summed E-state index contributed by atoms with van der Waals surface area (Å²) < 4.78 is 0. The number of aromatic nitrogens is 1. The van der Waals surface area contributed by atoms with Gasteiger partial charge >= 0.3 is 0 Å². The Kier molecular flexibility index (Phi) is 2.96. The van der Waals surface area contributed by atoms with Crippen molar-refractivity contribution in [3.8, 4) is 22.3 Å². The van der Waals surface area contributed by atoms with E-state index in [2.05, 4.69) is 73.6 Å². The Balaban J connectivity index is 2.29. The number of aromatic amines is 1. The van der Waals surface area contributed by atoms with Crippen LogP contribution in [0.4, 0.5) is 0 Å². The summed E-state index contributed by atoms with van der Waals surface area (Å²) in [6.07, 6.45) is 4.02. The second kappa shape index (κ2) is 4.77. The van der Waals surface area contributed by atoms with E-state index in [9.17, 15) is 0 Å². The highest BCUT2D eigenvalue weighted by molar-refractivity contribution is 5.86. The van der Waals surface area contributed by atoms with Crippen molar-refractivity contribution in [2.45, 2.75) is 13.8 Å².